The highest BCUT2D eigenvalue weighted by atomic mass is 16.3. The van der Waals surface area contributed by atoms with Crippen LogP contribution in [0.2, 0.25) is 0 Å². The van der Waals surface area contributed by atoms with Gasteiger partial charge in [-0.1, -0.05) is 30.3 Å². The lowest BCUT2D eigenvalue weighted by Gasteiger charge is -2.35. The van der Waals surface area contributed by atoms with E-state index in [0.717, 1.165) is 51.3 Å². The number of benzene rings is 2. The Morgan fingerprint density at radius 1 is 0.931 bits per heavy atom. The van der Waals surface area contributed by atoms with Crippen LogP contribution in [0.3, 0.4) is 0 Å². The monoisotopic (exact) mass is 393 g/mol. The molecule has 0 unspecified atom stereocenters. The van der Waals surface area contributed by atoms with Crippen molar-refractivity contribution in [2.75, 3.05) is 56.1 Å². The predicted molar refractivity (Wildman–Crippen MR) is 122 cm³/mol. The number of piperazine rings is 1. The fourth-order valence-electron chi connectivity index (χ4n) is 4.67. The van der Waals surface area contributed by atoms with Crippen molar-refractivity contribution in [1.82, 2.24) is 4.90 Å². The van der Waals surface area contributed by atoms with Crippen LogP contribution in [0.4, 0.5) is 11.4 Å². The van der Waals surface area contributed by atoms with E-state index in [4.69, 9.17) is 0 Å². The number of para-hydroxylation sites is 1. The first kappa shape index (κ1) is 20.2. The van der Waals surface area contributed by atoms with E-state index in [1.165, 1.54) is 23.4 Å². The standard InChI is InChI=1S/C25H35N3O/c1-25(2,29)22-8-6-9-23(18-22)28-12-11-20(19-28)17-21-7-4-5-10-24(21)27-15-13-26(3)14-16-27/h4-10,18,20,29H,11-17,19H2,1-3H3/t20-/m1/s1. The summed E-state index contributed by atoms with van der Waals surface area (Å²) >= 11 is 0. The van der Waals surface area contributed by atoms with Crippen molar-refractivity contribution in [2.45, 2.75) is 32.3 Å². The van der Waals surface area contributed by atoms with Gasteiger partial charge in [0.15, 0.2) is 0 Å². The first-order valence-electron chi connectivity index (χ1n) is 11.0. The summed E-state index contributed by atoms with van der Waals surface area (Å²) in [6, 6.07) is 17.4. The minimum absolute atomic E-state index is 0.675. The number of nitrogens with zero attached hydrogens (tertiary/aromatic N) is 3. The third kappa shape index (κ3) is 4.76. The summed E-state index contributed by atoms with van der Waals surface area (Å²) in [5.74, 6) is 0.675. The molecule has 1 N–H and O–H groups in total. The Hall–Kier alpha value is -2.04. The normalized spacial score (nSPS) is 21.0. The Morgan fingerprint density at radius 3 is 2.45 bits per heavy atom. The molecular weight excluding hydrogens is 358 g/mol. The molecule has 4 nitrogen and oxygen atoms in total. The molecule has 2 aromatic carbocycles. The quantitative estimate of drug-likeness (QED) is 0.838. The molecule has 2 saturated heterocycles. The predicted octanol–water partition coefficient (Wildman–Crippen LogP) is 3.73. The zero-order valence-corrected chi connectivity index (χ0v) is 18.1. The van der Waals surface area contributed by atoms with Crippen LogP contribution in [0.5, 0.6) is 0 Å². The van der Waals surface area contributed by atoms with E-state index in [2.05, 4.69) is 64.2 Å². The van der Waals surface area contributed by atoms with E-state index in [9.17, 15) is 5.11 Å². The van der Waals surface area contributed by atoms with Crippen molar-refractivity contribution in [3.8, 4) is 0 Å². The van der Waals surface area contributed by atoms with Crippen molar-refractivity contribution in [1.29, 1.82) is 0 Å². The molecule has 4 heteroatoms. The smallest absolute Gasteiger partial charge is 0.0841 e. The SMILES string of the molecule is CN1CCN(c2ccccc2C[C@H]2CCN(c3cccc(C(C)(C)O)c3)C2)CC1. The minimum Gasteiger partial charge on any atom is -0.386 e. The number of aliphatic hydroxyl groups is 1. The average Bonchev–Trinajstić information content (AvgIpc) is 3.17. The second-order valence-corrected chi connectivity index (χ2v) is 9.33. The molecule has 0 spiro atoms. The summed E-state index contributed by atoms with van der Waals surface area (Å²) in [5.41, 5.74) is 4.35. The highest BCUT2D eigenvalue weighted by Gasteiger charge is 2.26. The van der Waals surface area contributed by atoms with Gasteiger partial charge in [0.25, 0.3) is 0 Å². The molecule has 2 aromatic rings. The lowest BCUT2D eigenvalue weighted by atomic mass is 9.96. The molecule has 29 heavy (non-hydrogen) atoms. The fraction of sp³-hybridized carbons (Fsp3) is 0.520. The van der Waals surface area contributed by atoms with Gasteiger partial charge in [0.1, 0.15) is 0 Å². The van der Waals surface area contributed by atoms with Gasteiger partial charge < -0.3 is 19.8 Å². The van der Waals surface area contributed by atoms with Gasteiger partial charge in [-0.3, -0.25) is 0 Å². The molecule has 2 fully saturated rings. The maximum Gasteiger partial charge on any atom is 0.0841 e. The number of hydrogen-bond donors (Lipinski definition) is 1. The van der Waals surface area contributed by atoms with Gasteiger partial charge in [0, 0.05) is 50.6 Å². The first-order chi connectivity index (χ1) is 13.9. The number of likely N-dealkylation sites (N-methyl/N-ethyl adjacent to an activating group) is 1. The maximum absolute atomic E-state index is 10.3. The van der Waals surface area contributed by atoms with Gasteiger partial charge in [-0.15, -0.1) is 0 Å². The molecule has 4 rings (SSSR count). The molecule has 0 saturated carbocycles. The van der Waals surface area contributed by atoms with Gasteiger partial charge in [0.2, 0.25) is 0 Å². The lowest BCUT2D eigenvalue weighted by molar-refractivity contribution is 0.0786. The minimum atomic E-state index is -0.795. The van der Waals surface area contributed by atoms with Gasteiger partial charge in [-0.05, 0) is 69.0 Å². The number of hydrogen-bond acceptors (Lipinski definition) is 4. The van der Waals surface area contributed by atoms with Gasteiger partial charge >= 0.3 is 0 Å². The Bertz CT molecular complexity index is 821. The summed E-state index contributed by atoms with van der Waals surface area (Å²) in [6.45, 7) is 10.4. The number of rotatable bonds is 5. The summed E-state index contributed by atoms with van der Waals surface area (Å²) < 4.78 is 0. The zero-order valence-electron chi connectivity index (χ0n) is 18.1. The fourth-order valence-corrected chi connectivity index (χ4v) is 4.67. The van der Waals surface area contributed by atoms with E-state index in [1.54, 1.807) is 0 Å². The molecule has 0 radical (unpaired) electrons. The lowest BCUT2D eigenvalue weighted by Crippen LogP contribution is -2.44. The molecule has 2 aliphatic heterocycles. The van der Waals surface area contributed by atoms with E-state index >= 15 is 0 Å². The Labute approximate surface area is 175 Å². The van der Waals surface area contributed by atoms with Crippen LogP contribution in [0.1, 0.15) is 31.4 Å². The van der Waals surface area contributed by atoms with Crippen LogP contribution in [0, 0.1) is 5.92 Å². The number of anilines is 2. The maximum atomic E-state index is 10.3. The highest BCUT2D eigenvalue weighted by Crippen LogP contribution is 2.31. The van der Waals surface area contributed by atoms with E-state index in [-0.39, 0.29) is 0 Å². The van der Waals surface area contributed by atoms with Crippen LogP contribution < -0.4 is 9.80 Å². The first-order valence-corrected chi connectivity index (χ1v) is 11.0. The van der Waals surface area contributed by atoms with Crippen molar-refractivity contribution in [3.63, 3.8) is 0 Å². The van der Waals surface area contributed by atoms with Crippen LogP contribution in [-0.4, -0.2) is 56.3 Å². The zero-order chi connectivity index (χ0) is 20.4. The van der Waals surface area contributed by atoms with Crippen molar-refractivity contribution in [2.24, 2.45) is 5.92 Å². The summed E-state index contributed by atoms with van der Waals surface area (Å²) in [4.78, 5) is 7.46. The van der Waals surface area contributed by atoms with Crippen LogP contribution in [0.15, 0.2) is 48.5 Å². The molecule has 2 heterocycles. The van der Waals surface area contributed by atoms with E-state index < -0.39 is 5.60 Å². The molecule has 0 bridgehead atoms. The van der Waals surface area contributed by atoms with Gasteiger partial charge in [-0.25, -0.2) is 0 Å². The third-order valence-corrected chi connectivity index (χ3v) is 6.55. The molecule has 0 aromatic heterocycles. The Kier molecular flexibility index (Phi) is 5.84. The molecule has 156 valence electrons. The highest BCUT2D eigenvalue weighted by molar-refractivity contribution is 5.55. The molecular formula is C25H35N3O. The largest absolute Gasteiger partial charge is 0.386 e. The van der Waals surface area contributed by atoms with Crippen molar-refractivity contribution >= 4 is 11.4 Å². The second-order valence-electron chi connectivity index (χ2n) is 9.33. The molecule has 1 atom stereocenters. The van der Waals surface area contributed by atoms with Crippen LogP contribution in [0.25, 0.3) is 0 Å². The van der Waals surface area contributed by atoms with Crippen LogP contribution >= 0.6 is 0 Å². The van der Waals surface area contributed by atoms with E-state index in [0.29, 0.717) is 5.92 Å². The summed E-state index contributed by atoms with van der Waals surface area (Å²) in [7, 11) is 2.21. The van der Waals surface area contributed by atoms with Crippen molar-refractivity contribution in [3.05, 3.63) is 59.7 Å². The second kappa shape index (κ2) is 8.37. The summed E-state index contributed by atoms with van der Waals surface area (Å²) in [5, 5.41) is 10.3. The molecule has 0 aliphatic carbocycles. The van der Waals surface area contributed by atoms with E-state index in [1.807, 2.05) is 19.9 Å². The Balaban J connectivity index is 1.44. The van der Waals surface area contributed by atoms with Gasteiger partial charge in [-0.2, -0.15) is 0 Å². The molecule has 0 amide bonds. The molecule has 2 aliphatic rings. The Morgan fingerprint density at radius 2 is 1.69 bits per heavy atom. The average molecular weight is 394 g/mol. The van der Waals surface area contributed by atoms with Crippen LogP contribution in [-0.2, 0) is 12.0 Å². The summed E-state index contributed by atoms with van der Waals surface area (Å²) in [6.07, 6.45) is 2.37. The topological polar surface area (TPSA) is 30.0 Å². The third-order valence-electron chi connectivity index (χ3n) is 6.55. The van der Waals surface area contributed by atoms with Gasteiger partial charge in [0.05, 0.1) is 5.60 Å². The van der Waals surface area contributed by atoms with Crippen molar-refractivity contribution < 1.29 is 5.11 Å².